The average Bonchev–Trinajstić information content (AvgIpc) is 2.64. The van der Waals surface area contributed by atoms with Crippen molar-refractivity contribution in [2.24, 2.45) is 0 Å². The molecule has 28 heavy (non-hydrogen) atoms. The van der Waals surface area contributed by atoms with Crippen molar-refractivity contribution in [3.8, 4) is 0 Å². The zero-order chi connectivity index (χ0) is 21.3. The number of esters is 1. The molecule has 1 N–H and O–H groups in total. The van der Waals surface area contributed by atoms with Gasteiger partial charge in [0.25, 0.3) is 0 Å². The van der Waals surface area contributed by atoms with Crippen LogP contribution in [0.1, 0.15) is 52.9 Å². The van der Waals surface area contributed by atoms with Crippen molar-refractivity contribution < 1.29 is 27.3 Å². The van der Waals surface area contributed by atoms with E-state index in [0.717, 1.165) is 49.3 Å². The number of carbonyl (C=O) groups excluding carboxylic acids is 1. The molecular weight excluding hydrogens is 376 g/mol. The van der Waals surface area contributed by atoms with Crippen LogP contribution in [-0.2, 0) is 22.8 Å². The van der Waals surface area contributed by atoms with Crippen LogP contribution in [0.15, 0.2) is 0 Å². The Morgan fingerprint density at radius 1 is 0.857 bits per heavy atom. The molecule has 0 aliphatic rings. The predicted octanol–water partition coefficient (Wildman–Crippen LogP) is 2.82. The molecule has 0 aromatic carbocycles. The largest absolute Gasteiger partial charge is 0.501 e. The minimum Gasteiger partial charge on any atom is -0.460 e. The lowest BCUT2D eigenvalue weighted by Crippen LogP contribution is -2.47. The van der Waals surface area contributed by atoms with Gasteiger partial charge in [-0.1, -0.05) is 20.8 Å². The molecule has 0 heterocycles. The van der Waals surface area contributed by atoms with E-state index >= 15 is 0 Å². The number of nitrogens with one attached hydrogen (secondary N) is 1. The molecule has 0 bridgehead atoms. The predicted molar refractivity (Wildman–Crippen MR) is 115 cm³/mol. The van der Waals surface area contributed by atoms with Crippen LogP contribution in [-0.4, -0.2) is 86.5 Å². The van der Waals surface area contributed by atoms with Crippen molar-refractivity contribution in [2.75, 3.05) is 67.2 Å². The highest BCUT2D eigenvalue weighted by molar-refractivity contribution is 6.60. The van der Waals surface area contributed by atoms with E-state index in [1.165, 1.54) is 0 Å². The van der Waals surface area contributed by atoms with Gasteiger partial charge in [-0.05, 0) is 32.2 Å². The van der Waals surface area contributed by atoms with Gasteiger partial charge in [0.1, 0.15) is 13.2 Å². The normalized spacial score (nSPS) is 12.4. The molecule has 0 aromatic rings. The Kier molecular flexibility index (Phi) is 16.0. The van der Waals surface area contributed by atoms with Crippen LogP contribution >= 0.6 is 0 Å². The van der Waals surface area contributed by atoms with Gasteiger partial charge >= 0.3 is 14.8 Å². The zero-order valence-corrected chi connectivity index (χ0v) is 20.2. The Morgan fingerprint density at radius 3 is 1.86 bits per heavy atom. The van der Waals surface area contributed by atoms with Crippen LogP contribution in [0, 0.1) is 0 Å². The van der Waals surface area contributed by atoms with E-state index < -0.39 is 8.80 Å². The van der Waals surface area contributed by atoms with Gasteiger partial charge in [-0.2, -0.15) is 0 Å². The van der Waals surface area contributed by atoms with E-state index in [2.05, 4.69) is 47.2 Å². The maximum absolute atomic E-state index is 11.8. The number of hydrogen-bond donors (Lipinski definition) is 1. The van der Waals surface area contributed by atoms with Crippen LogP contribution in [0.2, 0.25) is 6.04 Å². The molecule has 0 spiro atoms. The summed E-state index contributed by atoms with van der Waals surface area (Å²) < 4.78 is 24.3. The van der Waals surface area contributed by atoms with Crippen LogP contribution < -0.4 is 5.32 Å². The highest BCUT2D eigenvalue weighted by Crippen LogP contribution is 2.19. The quantitative estimate of drug-likeness (QED) is 0.150. The molecule has 0 atom stereocenters. The number of carbonyl (C=O) groups is 1. The number of hydrogen-bond acceptors (Lipinski definition) is 6. The topological polar surface area (TPSA) is 66.0 Å². The maximum atomic E-state index is 11.8. The zero-order valence-electron chi connectivity index (χ0n) is 19.2. The highest BCUT2D eigenvalue weighted by atomic mass is 28.4. The van der Waals surface area contributed by atoms with Gasteiger partial charge < -0.3 is 27.8 Å². The van der Waals surface area contributed by atoms with E-state index in [0.29, 0.717) is 39.4 Å². The summed E-state index contributed by atoms with van der Waals surface area (Å²) in [5.74, 6) is -0.145. The molecule has 168 valence electrons. The summed E-state index contributed by atoms with van der Waals surface area (Å²) in [6.45, 7) is 11.0. The van der Waals surface area contributed by atoms with Crippen molar-refractivity contribution in [2.45, 2.75) is 58.9 Å². The van der Waals surface area contributed by atoms with Crippen LogP contribution in [0.25, 0.3) is 0 Å². The molecule has 0 radical (unpaired) electrons. The molecule has 0 saturated heterocycles. The highest BCUT2D eigenvalue weighted by Gasteiger charge is 2.40. The second-order valence-corrected chi connectivity index (χ2v) is 10.8. The Bertz CT molecular complexity index is 370. The Labute approximate surface area is 174 Å². The van der Waals surface area contributed by atoms with E-state index in [1.54, 1.807) is 0 Å². The fraction of sp³-hybridized carbons (Fsp3) is 0.950. The molecule has 0 unspecified atom stereocenters. The molecule has 0 aromatic heterocycles. The Morgan fingerprint density at radius 2 is 1.39 bits per heavy atom. The smallest absolute Gasteiger partial charge is 0.460 e. The third-order valence-electron chi connectivity index (χ3n) is 3.95. The minimum absolute atomic E-state index is 0.145. The molecule has 0 saturated carbocycles. The Hall–Kier alpha value is -0.513. The van der Waals surface area contributed by atoms with Gasteiger partial charge in [-0.15, -0.1) is 0 Å². The van der Waals surface area contributed by atoms with Crippen molar-refractivity contribution in [3.05, 3.63) is 0 Å². The van der Waals surface area contributed by atoms with Crippen molar-refractivity contribution in [3.63, 3.8) is 0 Å². The van der Waals surface area contributed by atoms with E-state index in [1.807, 2.05) is 0 Å². The lowest BCUT2D eigenvalue weighted by atomic mass is 10.4. The van der Waals surface area contributed by atoms with Gasteiger partial charge in [0, 0.05) is 32.4 Å². The van der Waals surface area contributed by atoms with Crippen LogP contribution in [0.3, 0.4) is 0 Å². The first kappa shape index (κ1) is 27.5. The number of nitrogens with zero attached hydrogens (tertiary/aromatic N) is 1. The molecule has 0 aliphatic carbocycles. The summed E-state index contributed by atoms with van der Waals surface area (Å²) >= 11 is 0. The summed E-state index contributed by atoms with van der Waals surface area (Å²) in [6.07, 6.45) is 4.15. The summed E-state index contributed by atoms with van der Waals surface area (Å²) in [5, 5.41) is 3.31. The summed E-state index contributed by atoms with van der Waals surface area (Å²) in [6, 6.07) is 0.800. The first-order chi connectivity index (χ1) is 13.3. The average molecular weight is 422 g/mol. The molecule has 7 nitrogen and oxygen atoms in total. The van der Waals surface area contributed by atoms with Crippen LogP contribution in [0.5, 0.6) is 0 Å². The molecule has 0 rings (SSSR count). The molecular formula is C20H45N2O5Si+. The summed E-state index contributed by atoms with van der Waals surface area (Å²) in [4.78, 5) is 11.8. The molecule has 0 amide bonds. The lowest BCUT2D eigenvalue weighted by Gasteiger charge is -2.29. The summed E-state index contributed by atoms with van der Waals surface area (Å²) in [7, 11) is 3.63. The van der Waals surface area contributed by atoms with E-state index in [4.69, 9.17) is 18.0 Å². The molecule has 0 aliphatic heterocycles. The van der Waals surface area contributed by atoms with Crippen molar-refractivity contribution >= 4 is 14.8 Å². The maximum Gasteiger partial charge on any atom is 0.501 e. The summed E-state index contributed by atoms with van der Waals surface area (Å²) in [5.41, 5.74) is 0. The van der Waals surface area contributed by atoms with E-state index in [9.17, 15) is 4.79 Å². The third kappa shape index (κ3) is 15.4. The lowest BCUT2D eigenvalue weighted by molar-refractivity contribution is -0.870. The van der Waals surface area contributed by atoms with Crippen molar-refractivity contribution in [1.82, 2.24) is 5.32 Å². The van der Waals surface area contributed by atoms with Crippen LogP contribution in [0.4, 0.5) is 0 Å². The first-order valence-corrected chi connectivity index (χ1v) is 12.8. The van der Waals surface area contributed by atoms with Gasteiger partial charge in [-0.25, -0.2) is 0 Å². The van der Waals surface area contributed by atoms with Gasteiger partial charge in [0.05, 0.1) is 27.6 Å². The number of ether oxygens (including phenoxy) is 1. The number of rotatable bonds is 19. The van der Waals surface area contributed by atoms with Gasteiger partial charge in [0.15, 0.2) is 0 Å². The monoisotopic (exact) mass is 421 g/mol. The minimum atomic E-state index is -2.61. The Balaban J connectivity index is 4.14. The molecule has 0 fully saturated rings. The fourth-order valence-electron chi connectivity index (χ4n) is 2.37. The molecule has 8 heteroatoms. The second kappa shape index (κ2) is 16.3. The van der Waals surface area contributed by atoms with E-state index in [-0.39, 0.29) is 5.97 Å². The SMILES string of the molecule is CCCO[Si](CCCNCCC(=O)OCC[N+](C)(C)C)(OCCC)OCCC. The van der Waals surface area contributed by atoms with Gasteiger partial charge in [-0.3, -0.25) is 4.79 Å². The third-order valence-corrected chi connectivity index (χ3v) is 6.84. The fourth-order valence-corrected chi connectivity index (χ4v) is 5.20. The second-order valence-electron chi connectivity index (χ2n) is 8.07. The first-order valence-electron chi connectivity index (χ1n) is 10.9. The number of likely N-dealkylation sites (N-methyl/N-ethyl adjacent to an activating group) is 1. The number of quaternary nitrogens is 1. The standard InChI is InChI=1S/C20H45N2O5Si/c1-7-15-25-28(26-16-8-2,27-17-9-3)19-10-12-21-13-11-20(23)24-18-14-22(4,5)6/h21H,7-19H2,1-6H3/q+1. The van der Waals surface area contributed by atoms with Gasteiger partial charge in [0.2, 0.25) is 0 Å². The van der Waals surface area contributed by atoms with Crippen molar-refractivity contribution in [1.29, 1.82) is 0 Å².